The van der Waals surface area contributed by atoms with Gasteiger partial charge in [-0.15, -0.1) is 0 Å². The standard InChI is InChI=1S/C16H31N/c1-4-13(2)12-14(3)17-15-8-11-16(15)9-6-5-7-10-16/h13-15,17H,4-12H2,1-3H3. The lowest BCUT2D eigenvalue weighted by molar-refractivity contribution is 0.0161. The van der Waals surface area contributed by atoms with E-state index in [-0.39, 0.29) is 0 Å². The average molecular weight is 237 g/mol. The number of hydrogen-bond acceptors (Lipinski definition) is 1. The van der Waals surface area contributed by atoms with E-state index in [0.29, 0.717) is 6.04 Å². The van der Waals surface area contributed by atoms with Gasteiger partial charge < -0.3 is 5.32 Å². The van der Waals surface area contributed by atoms with E-state index < -0.39 is 0 Å². The first-order valence-corrected chi connectivity index (χ1v) is 7.92. The fourth-order valence-electron chi connectivity index (χ4n) is 3.99. The minimum absolute atomic E-state index is 0.717. The highest BCUT2D eigenvalue weighted by atomic mass is 15.0. The monoisotopic (exact) mass is 237 g/mol. The van der Waals surface area contributed by atoms with Gasteiger partial charge in [0.1, 0.15) is 0 Å². The summed E-state index contributed by atoms with van der Waals surface area (Å²) in [5, 5.41) is 3.94. The van der Waals surface area contributed by atoms with Gasteiger partial charge in [0.2, 0.25) is 0 Å². The first-order valence-electron chi connectivity index (χ1n) is 7.92. The van der Waals surface area contributed by atoms with Crippen LogP contribution in [0.3, 0.4) is 0 Å². The molecule has 2 rings (SSSR count). The molecule has 0 aromatic heterocycles. The van der Waals surface area contributed by atoms with Gasteiger partial charge >= 0.3 is 0 Å². The number of rotatable bonds is 5. The zero-order chi connectivity index (χ0) is 12.3. The highest BCUT2D eigenvalue weighted by Crippen LogP contribution is 2.51. The fraction of sp³-hybridized carbons (Fsp3) is 1.00. The quantitative estimate of drug-likeness (QED) is 0.741. The first-order chi connectivity index (χ1) is 8.16. The van der Waals surface area contributed by atoms with Gasteiger partial charge in [0.05, 0.1) is 0 Å². The summed E-state index contributed by atoms with van der Waals surface area (Å²) in [5.41, 5.74) is 0.724. The van der Waals surface area contributed by atoms with Crippen LogP contribution in [0, 0.1) is 11.3 Å². The second-order valence-corrected chi connectivity index (χ2v) is 6.83. The van der Waals surface area contributed by atoms with Crippen LogP contribution in [0.4, 0.5) is 0 Å². The van der Waals surface area contributed by atoms with Gasteiger partial charge in [-0.2, -0.15) is 0 Å². The van der Waals surface area contributed by atoms with E-state index >= 15 is 0 Å². The van der Waals surface area contributed by atoms with E-state index in [4.69, 9.17) is 0 Å². The van der Waals surface area contributed by atoms with E-state index in [9.17, 15) is 0 Å². The van der Waals surface area contributed by atoms with Crippen LogP contribution in [0.25, 0.3) is 0 Å². The summed E-state index contributed by atoms with van der Waals surface area (Å²) < 4.78 is 0. The first kappa shape index (κ1) is 13.4. The van der Waals surface area contributed by atoms with E-state index in [0.717, 1.165) is 17.4 Å². The molecular formula is C16H31N. The third-order valence-electron chi connectivity index (χ3n) is 5.46. The Morgan fingerprint density at radius 3 is 2.35 bits per heavy atom. The Labute approximate surface area is 108 Å². The molecule has 0 amide bonds. The van der Waals surface area contributed by atoms with Gasteiger partial charge in [-0.1, -0.05) is 39.5 Å². The van der Waals surface area contributed by atoms with Crippen LogP contribution in [0.5, 0.6) is 0 Å². The molecule has 2 aliphatic carbocycles. The zero-order valence-corrected chi connectivity index (χ0v) is 12.1. The second-order valence-electron chi connectivity index (χ2n) is 6.83. The lowest BCUT2D eigenvalue weighted by Gasteiger charge is -2.53. The van der Waals surface area contributed by atoms with Gasteiger partial charge in [0.25, 0.3) is 0 Å². The molecule has 0 aliphatic heterocycles. The Kier molecular flexibility index (Phi) is 4.52. The topological polar surface area (TPSA) is 12.0 Å². The van der Waals surface area contributed by atoms with Crippen molar-refractivity contribution < 1.29 is 0 Å². The molecule has 2 aliphatic rings. The molecule has 0 aromatic carbocycles. The van der Waals surface area contributed by atoms with Crippen molar-refractivity contribution in [3.63, 3.8) is 0 Å². The molecule has 0 saturated heterocycles. The van der Waals surface area contributed by atoms with E-state index in [1.54, 1.807) is 0 Å². The molecule has 0 bridgehead atoms. The van der Waals surface area contributed by atoms with Gasteiger partial charge in [-0.05, 0) is 50.4 Å². The summed E-state index contributed by atoms with van der Waals surface area (Å²) >= 11 is 0. The fourth-order valence-corrected chi connectivity index (χ4v) is 3.99. The Balaban J connectivity index is 1.78. The van der Waals surface area contributed by atoms with Crippen LogP contribution in [-0.2, 0) is 0 Å². The molecule has 17 heavy (non-hydrogen) atoms. The maximum atomic E-state index is 3.94. The van der Waals surface area contributed by atoms with Crippen LogP contribution < -0.4 is 5.32 Å². The van der Waals surface area contributed by atoms with Crippen molar-refractivity contribution in [3.05, 3.63) is 0 Å². The lowest BCUT2D eigenvalue weighted by atomic mass is 9.57. The Morgan fingerprint density at radius 2 is 1.82 bits per heavy atom. The van der Waals surface area contributed by atoms with Crippen LogP contribution in [0.1, 0.15) is 78.6 Å². The summed E-state index contributed by atoms with van der Waals surface area (Å²) in [6, 6.07) is 1.57. The molecule has 3 unspecified atom stereocenters. The Morgan fingerprint density at radius 1 is 1.12 bits per heavy atom. The van der Waals surface area contributed by atoms with Crippen molar-refractivity contribution in [2.75, 3.05) is 0 Å². The zero-order valence-electron chi connectivity index (χ0n) is 12.1. The Bertz CT molecular complexity index is 230. The summed E-state index contributed by atoms with van der Waals surface area (Å²) in [4.78, 5) is 0. The molecular weight excluding hydrogens is 206 g/mol. The van der Waals surface area contributed by atoms with Crippen molar-refractivity contribution >= 4 is 0 Å². The van der Waals surface area contributed by atoms with Crippen LogP contribution in [0.15, 0.2) is 0 Å². The summed E-state index contributed by atoms with van der Waals surface area (Å²) in [6.45, 7) is 7.08. The van der Waals surface area contributed by atoms with Crippen molar-refractivity contribution in [1.29, 1.82) is 0 Å². The van der Waals surface area contributed by atoms with E-state index in [2.05, 4.69) is 26.1 Å². The highest BCUT2D eigenvalue weighted by Gasteiger charge is 2.46. The normalized spacial score (nSPS) is 30.9. The van der Waals surface area contributed by atoms with Gasteiger partial charge in [0, 0.05) is 12.1 Å². The van der Waals surface area contributed by atoms with Crippen molar-refractivity contribution in [2.24, 2.45) is 11.3 Å². The molecule has 1 nitrogen and oxygen atoms in total. The van der Waals surface area contributed by atoms with E-state index in [1.165, 1.54) is 57.8 Å². The lowest BCUT2D eigenvalue weighted by Crippen LogP contribution is -2.56. The van der Waals surface area contributed by atoms with Crippen molar-refractivity contribution in [2.45, 2.75) is 90.6 Å². The van der Waals surface area contributed by atoms with E-state index in [1.807, 2.05) is 0 Å². The minimum Gasteiger partial charge on any atom is -0.311 e. The SMILES string of the molecule is CCC(C)CC(C)NC1CCC12CCCCC2. The summed E-state index contributed by atoms with van der Waals surface area (Å²) in [5.74, 6) is 0.875. The molecule has 0 aromatic rings. The molecule has 3 atom stereocenters. The summed E-state index contributed by atoms with van der Waals surface area (Å²) in [7, 11) is 0. The third-order valence-corrected chi connectivity index (χ3v) is 5.46. The van der Waals surface area contributed by atoms with Crippen LogP contribution >= 0.6 is 0 Å². The summed E-state index contributed by atoms with van der Waals surface area (Å²) in [6.07, 6.45) is 13.1. The van der Waals surface area contributed by atoms with Gasteiger partial charge in [-0.3, -0.25) is 0 Å². The predicted octanol–water partition coefficient (Wildman–Crippen LogP) is 4.51. The predicted molar refractivity (Wildman–Crippen MR) is 75.2 cm³/mol. The molecule has 0 heterocycles. The molecule has 2 saturated carbocycles. The largest absolute Gasteiger partial charge is 0.311 e. The number of hydrogen-bond donors (Lipinski definition) is 1. The van der Waals surface area contributed by atoms with Crippen LogP contribution in [0.2, 0.25) is 0 Å². The molecule has 0 radical (unpaired) electrons. The highest BCUT2D eigenvalue weighted by molar-refractivity contribution is 5.02. The molecule has 2 fully saturated rings. The maximum absolute atomic E-state index is 3.94. The maximum Gasteiger partial charge on any atom is 0.0126 e. The molecule has 1 heteroatoms. The molecule has 100 valence electrons. The smallest absolute Gasteiger partial charge is 0.0126 e. The average Bonchev–Trinajstić information content (AvgIpc) is 2.35. The second kappa shape index (κ2) is 5.73. The van der Waals surface area contributed by atoms with Crippen LogP contribution in [-0.4, -0.2) is 12.1 Å². The number of nitrogens with one attached hydrogen (secondary N) is 1. The van der Waals surface area contributed by atoms with Gasteiger partial charge in [0.15, 0.2) is 0 Å². The van der Waals surface area contributed by atoms with Crippen molar-refractivity contribution in [1.82, 2.24) is 5.32 Å². The van der Waals surface area contributed by atoms with Crippen molar-refractivity contribution in [3.8, 4) is 0 Å². The third kappa shape index (κ3) is 3.05. The minimum atomic E-state index is 0.717. The Hall–Kier alpha value is -0.0400. The van der Waals surface area contributed by atoms with Gasteiger partial charge in [-0.25, -0.2) is 0 Å². The molecule has 1 N–H and O–H groups in total. The molecule has 1 spiro atoms.